The molecule has 92 valence electrons. The smallest absolute Gasteiger partial charge is 0.407 e. The Morgan fingerprint density at radius 1 is 1.18 bits per heavy atom. The number of nitrogens with two attached hydrogens (primary N) is 1. The Hall–Kier alpha value is -2.04. The van der Waals surface area contributed by atoms with E-state index >= 15 is 0 Å². The summed E-state index contributed by atoms with van der Waals surface area (Å²) in [6, 6.07) is 9.27. The van der Waals surface area contributed by atoms with Crippen molar-refractivity contribution in [2.24, 2.45) is 5.73 Å². The molecule has 0 aliphatic carbocycles. The number of carbonyl (C=O) groups is 2. The van der Waals surface area contributed by atoms with E-state index in [2.05, 4.69) is 0 Å². The number of carbonyl (C=O) groups excluding carboxylic acids is 2. The van der Waals surface area contributed by atoms with Crippen LogP contribution in [0.1, 0.15) is 25.3 Å². The number of benzene rings is 1. The van der Waals surface area contributed by atoms with Gasteiger partial charge in [0.15, 0.2) is 0 Å². The van der Waals surface area contributed by atoms with Crippen molar-refractivity contribution in [3.05, 3.63) is 35.9 Å². The summed E-state index contributed by atoms with van der Waals surface area (Å²) in [5, 5.41) is 0. The minimum Gasteiger partial charge on any atom is -0.425 e. The average Bonchev–Trinajstić information content (AvgIpc) is 2.27. The molecule has 0 saturated heterocycles. The van der Waals surface area contributed by atoms with E-state index in [0.717, 1.165) is 5.56 Å². The number of amides is 1. The lowest BCUT2D eigenvalue weighted by atomic mass is 10.0. The first-order chi connectivity index (χ1) is 8.00. The van der Waals surface area contributed by atoms with Crippen molar-refractivity contribution in [1.29, 1.82) is 0 Å². The molecule has 0 aliphatic heterocycles. The van der Waals surface area contributed by atoms with Crippen LogP contribution in [0, 0.1) is 0 Å². The normalized spacial score (nSPS) is 13.5. The van der Waals surface area contributed by atoms with Crippen LogP contribution in [0.15, 0.2) is 30.3 Å². The second-order valence-electron chi connectivity index (χ2n) is 3.61. The van der Waals surface area contributed by atoms with Gasteiger partial charge in [-0.05, 0) is 5.56 Å². The van der Waals surface area contributed by atoms with Gasteiger partial charge in [-0.2, -0.15) is 0 Å². The number of hydrogen-bond donors (Lipinski definition) is 1. The van der Waals surface area contributed by atoms with Crippen LogP contribution in [0.25, 0.3) is 0 Å². The number of esters is 1. The van der Waals surface area contributed by atoms with Crippen LogP contribution in [-0.4, -0.2) is 18.4 Å². The lowest BCUT2D eigenvalue weighted by Crippen LogP contribution is -2.31. The molecule has 2 atom stereocenters. The maximum atomic E-state index is 10.9. The van der Waals surface area contributed by atoms with Crippen LogP contribution in [0.2, 0.25) is 0 Å². The van der Waals surface area contributed by atoms with Crippen LogP contribution in [0.4, 0.5) is 4.79 Å². The quantitative estimate of drug-likeness (QED) is 0.639. The minimum absolute atomic E-state index is 0.285. The highest BCUT2D eigenvalue weighted by Crippen LogP contribution is 2.22. The zero-order valence-corrected chi connectivity index (χ0v) is 9.75. The second kappa shape index (κ2) is 5.89. The van der Waals surface area contributed by atoms with Crippen LogP contribution < -0.4 is 5.73 Å². The molecule has 5 heteroatoms. The second-order valence-corrected chi connectivity index (χ2v) is 3.61. The van der Waals surface area contributed by atoms with Gasteiger partial charge in [0.2, 0.25) is 0 Å². The Balaban J connectivity index is 2.82. The third kappa shape index (κ3) is 4.14. The lowest BCUT2D eigenvalue weighted by molar-refractivity contribution is -0.167. The topological polar surface area (TPSA) is 78.6 Å². The van der Waals surface area contributed by atoms with Gasteiger partial charge in [0, 0.05) is 6.92 Å². The molecule has 0 aliphatic rings. The molecule has 0 aromatic heterocycles. The zero-order valence-electron chi connectivity index (χ0n) is 9.75. The van der Waals surface area contributed by atoms with E-state index in [1.807, 2.05) is 30.3 Å². The predicted molar refractivity (Wildman–Crippen MR) is 61.1 cm³/mol. The standard InChI is InChI=1S/C12H15NO4/c1-8(10-6-4-3-5-7-10)11(16-9(2)14)17-12(13)15/h3-8,11H,1-2H3,(H2,13,15). The van der Waals surface area contributed by atoms with Crippen molar-refractivity contribution < 1.29 is 19.1 Å². The van der Waals surface area contributed by atoms with Crippen LogP contribution in [0.5, 0.6) is 0 Å². The summed E-state index contributed by atoms with van der Waals surface area (Å²) in [5.74, 6) is -0.813. The molecule has 1 aromatic rings. The Kier molecular flexibility index (Phi) is 4.51. The Morgan fingerprint density at radius 2 is 1.76 bits per heavy atom. The summed E-state index contributed by atoms with van der Waals surface area (Å²) >= 11 is 0. The minimum atomic E-state index is -1.01. The van der Waals surface area contributed by atoms with Gasteiger partial charge in [-0.15, -0.1) is 0 Å². The van der Waals surface area contributed by atoms with Crippen molar-refractivity contribution in [2.45, 2.75) is 26.1 Å². The van der Waals surface area contributed by atoms with Gasteiger partial charge in [-0.1, -0.05) is 37.3 Å². The van der Waals surface area contributed by atoms with Crippen LogP contribution >= 0.6 is 0 Å². The summed E-state index contributed by atoms with van der Waals surface area (Å²) < 4.78 is 9.69. The number of primary amides is 1. The highest BCUT2D eigenvalue weighted by Gasteiger charge is 2.24. The van der Waals surface area contributed by atoms with Crippen molar-refractivity contribution in [2.75, 3.05) is 0 Å². The molecule has 0 spiro atoms. The van der Waals surface area contributed by atoms with Gasteiger partial charge >= 0.3 is 12.1 Å². The number of rotatable bonds is 4. The fraction of sp³-hybridized carbons (Fsp3) is 0.333. The molecule has 0 bridgehead atoms. The monoisotopic (exact) mass is 237 g/mol. The Morgan fingerprint density at radius 3 is 2.24 bits per heavy atom. The summed E-state index contributed by atoms with van der Waals surface area (Å²) in [4.78, 5) is 21.7. The third-order valence-corrected chi connectivity index (χ3v) is 2.25. The SMILES string of the molecule is CC(=O)OC(OC(N)=O)C(C)c1ccccc1. The van der Waals surface area contributed by atoms with Crippen molar-refractivity contribution >= 4 is 12.1 Å². The van der Waals surface area contributed by atoms with E-state index in [4.69, 9.17) is 15.2 Å². The number of ether oxygens (including phenoxy) is 2. The van der Waals surface area contributed by atoms with Crippen LogP contribution in [-0.2, 0) is 14.3 Å². The van der Waals surface area contributed by atoms with E-state index in [9.17, 15) is 9.59 Å². The first-order valence-corrected chi connectivity index (χ1v) is 5.19. The first-order valence-electron chi connectivity index (χ1n) is 5.19. The molecular weight excluding hydrogens is 222 g/mol. The highest BCUT2D eigenvalue weighted by molar-refractivity contribution is 5.67. The molecule has 1 aromatic carbocycles. The average molecular weight is 237 g/mol. The van der Waals surface area contributed by atoms with E-state index < -0.39 is 18.4 Å². The van der Waals surface area contributed by atoms with Gasteiger partial charge in [0.1, 0.15) is 0 Å². The maximum absolute atomic E-state index is 10.9. The first kappa shape index (κ1) is 13.0. The fourth-order valence-electron chi connectivity index (χ4n) is 1.42. The summed E-state index contributed by atoms with van der Waals surface area (Å²) in [5.41, 5.74) is 5.82. The van der Waals surface area contributed by atoms with Crippen molar-refractivity contribution in [3.8, 4) is 0 Å². The molecule has 2 unspecified atom stereocenters. The molecule has 5 nitrogen and oxygen atoms in total. The fourth-order valence-corrected chi connectivity index (χ4v) is 1.42. The summed E-state index contributed by atoms with van der Waals surface area (Å²) in [6.07, 6.45) is -1.98. The zero-order chi connectivity index (χ0) is 12.8. The molecule has 0 fully saturated rings. The van der Waals surface area contributed by atoms with Crippen molar-refractivity contribution in [3.63, 3.8) is 0 Å². The highest BCUT2D eigenvalue weighted by atomic mass is 16.7. The largest absolute Gasteiger partial charge is 0.425 e. The predicted octanol–water partition coefficient (Wildman–Crippen LogP) is 1.77. The summed E-state index contributed by atoms with van der Waals surface area (Å²) in [6.45, 7) is 3.03. The van der Waals surface area contributed by atoms with E-state index in [0.29, 0.717) is 0 Å². The molecule has 1 rings (SSSR count). The molecule has 0 radical (unpaired) electrons. The van der Waals surface area contributed by atoms with E-state index in [1.54, 1.807) is 6.92 Å². The van der Waals surface area contributed by atoms with Gasteiger partial charge in [0.25, 0.3) is 6.29 Å². The third-order valence-electron chi connectivity index (χ3n) is 2.25. The van der Waals surface area contributed by atoms with E-state index in [1.165, 1.54) is 6.92 Å². The number of hydrogen-bond acceptors (Lipinski definition) is 4. The van der Waals surface area contributed by atoms with Crippen molar-refractivity contribution in [1.82, 2.24) is 0 Å². The molecular formula is C12H15NO4. The molecule has 2 N–H and O–H groups in total. The van der Waals surface area contributed by atoms with E-state index in [-0.39, 0.29) is 5.92 Å². The molecule has 17 heavy (non-hydrogen) atoms. The molecule has 1 amide bonds. The molecule has 0 heterocycles. The van der Waals surface area contributed by atoms with Gasteiger partial charge in [-0.3, -0.25) is 4.79 Å². The van der Waals surface area contributed by atoms with Crippen LogP contribution in [0.3, 0.4) is 0 Å². The Labute approximate surface area is 99.5 Å². The lowest BCUT2D eigenvalue weighted by Gasteiger charge is -2.22. The van der Waals surface area contributed by atoms with Gasteiger partial charge in [0.05, 0.1) is 5.92 Å². The van der Waals surface area contributed by atoms with Gasteiger partial charge < -0.3 is 15.2 Å². The Bertz CT molecular complexity index is 375. The molecule has 0 saturated carbocycles. The van der Waals surface area contributed by atoms with Gasteiger partial charge in [-0.25, -0.2) is 4.79 Å². The maximum Gasteiger partial charge on any atom is 0.407 e. The summed E-state index contributed by atoms with van der Waals surface area (Å²) in [7, 11) is 0.